The van der Waals surface area contributed by atoms with E-state index in [2.05, 4.69) is 10.1 Å². The van der Waals surface area contributed by atoms with E-state index in [1.807, 2.05) is 0 Å². The fourth-order valence-electron chi connectivity index (χ4n) is 2.81. The molecule has 2 aromatic rings. The lowest BCUT2D eigenvalue weighted by molar-refractivity contribution is -0.136. The Morgan fingerprint density at radius 2 is 1.13 bits per heavy atom. The molecule has 1 amide bonds. The van der Waals surface area contributed by atoms with Crippen molar-refractivity contribution in [2.24, 2.45) is 0 Å². The van der Waals surface area contributed by atoms with Gasteiger partial charge in [-0.25, -0.2) is 13.2 Å². The van der Waals surface area contributed by atoms with E-state index in [1.54, 1.807) is 24.3 Å². The van der Waals surface area contributed by atoms with Gasteiger partial charge in [0.05, 0.1) is 59.3 Å². The van der Waals surface area contributed by atoms with Crippen molar-refractivity contribution in [3.8, 4) is 5.75 Å². The molecule has 0 aliphatic carbocycles. The van der Waals surface area contributed by atoms with Crippen molar-refractivity contribution < 1.29 is 60.0 Å². The molecule has 0 fully saturated rings. The molecule has 9 nitrogen and oxygen atoms in total. The van der Waals surface area contributed by atoms with Gasteiger partial charge in [-0.1, -0.05) is 12.1 Å². The van der Waals surface area contributed by atoms with Gasteiger partial charge in [0.1, 0.15) is 6.29 Å². The third-order valence-electron chi connectivity index (χ3n) is 4.79. The molecule has 214 valence electrons. The smallest absolute Gasteiger partial charge is 0.313 e. The number of hydrogen-bond acceptors (Lipinski definition) is 8. The molecule has 39 heavy (non-hydrogen) atoms. The Kier molecular flexibility index (Phi) is 14.0. The number of benzene rings is 2. The number of ether oxygens (including phenoxy) is 5. The van der Waals surface area contributed by atoms with Crippen LogP contribution in [0.25, 0.3) is 0 Å². The highest BCUT2D eigenvalue weighted by Gasteiger charge is 2.28. The van der Waals surface area contributed by atoms with E-state index in [1.165, 1.54) is 0 Å². The van der Waals surface area contributed by atoms with E-state index in [-0.39, 0.29) is 45.5 Å². The summed E-state index contributed by atoms with van der Waals surface area (Å²) in [6, 6.07) is 6.20. The molecule has 2 rings (SSSR count). The van der Waals surface area contributed by atoms with Crippen LogP contribution in [-0.4, -0.2) is 77.6 Å². The molecule has 14 heteroatoms. The predicted octanol–water partition coefficient (Wildman–Crippen LogP) is 2.99. The van der Waals surface area contributed by atoms with Gasteiger partial charge in [0, 0.05) is 17.7 Å². The van der Waals surface area contributed by atoms with Crippen molar-refractivity contribution in [2.45, 2.75) is 6.42 Å². The number of nitrogens with one attached hydrogen (secondary N) is 1. The number of hydrogen-bond donors (Lipinski definition) is 1. The molecule has 0 heterocycles. The molecule has 0 spiro atoms. The Hall–Kier alpha value is -3.46. The Morgan fingerprint density at radius 3 is 1.64 bits per heavy atom. The monoisotopic (exact) mass is 563 g/mol. The molecule has 0 saturated heterocycles. The Morgan fingerprint density at radius 1 is 0.667 bits per heavy atom. The first kappa shape index (κ1) is 31.8. The van der Waals surface area contributed by atoms with Crippen LogP contribution in [0, 0.1) is 29.1 Å². The molecule has 0 bridgehead atoms. The first-order valence-electron chi connectivity index (χ1n) is 11.6. The van der Waals surface area contributed by atoms with E-state index in [4.69, 9.17) is 18.9 Å². The fourth-order valence-corrected chi connectivity index (χ4v) is 2.81. The second-order valence-corrected chi connectivity index (χ2v) is 7.57. The number of esters is 1. The lowest BCUT2D eigenvalue weighted by Gasteiger charge is -2.09. The van der Waals surface area contributed by atoms with Crippen LogP contribution in [0.4, 0.5) is 22.0 Å². The van der Waals surface area contributed by atoms with E-state index < -0.39 is 47.2 Å². The first-order chi connectivity index (χ1) is 18.8. The van der Waals surface area contributed by atoms with E-state index in [0.29, 0.717) is 37.2 Å². The summed E-state index contributed by atoms with van der Waals surface area (Å²) in [5.74, 6) is -14.5. The lowest BCUT2D eigenvalue weighted by Crippen LogP contribution is -2.27. The Labute approximate surface area is 220 Å². The zero-order chi connectivity index (χ0) is 28.6. The van der Waals surface area contributed by atoms with E-state index in [9.17, 15) is 36.3 Å². The lowest BCUT2D eigenvalue weighted by atomic mass is 10.1. The predicted molar refractivity (Wildman–Crippen MR) is 124 cm³/mol. The molecule has 0 aromatic heterocycles. The fraction of sp³-hybridized carbons (Fsp3) is 0.400. The summed E-state index contributed by atoms with van der Waals surface area (Å²) in [5.41, 5.74) is 0.913. The average molecular weight is 563 g/mol. The van der Waals surface area contributed by atoms with E-state index >= 15 is 0 Å². The molecule has 1 N–H and O–H groups in total. The molecule has 0 atom stereocenters. The van der Waals surface area contributed by atoms with Gasteiger partial charge in [0.25, 0.3) is 5.91 Å². The van der Waals surface area contributed by atoms with Gasteiger partial charge in [-0.15, -0.1) is 0 Å². The minimum atomic E-state index is -2.36. The molecule has 0 unspecified atom stereocenters. The van der Waals surface area contributed by atoms with Gasteiger partial charge >= 0.3 is 5.97 Å². The average Bonchev–Trinajstić information content (AvgIpc) is 2.95. The van der Waals surface area contributed by atoms with Crippen LogP contribution in [0.15, 0.2) is 24.3 Å². The highest BCUT2D eigenvalue weighted by molar-refractivity contribution is 5.94. The van der Waals surface area contributed by atoms with Crippen molar-refractivity contribution in [3.05, 3.63) is 64.5 Å². The number of halogens is 5. The number of amides is 1. The summed E-state index contributed by atoms with van der Waals surface area (Å²) < 4.78 is 91.4. The molecular formula is C25H26F5NO8. The number of carbonyl (C=O) groups excluding carboxylic acids is 3. The van der Waals surface area contributed by atoms with Gasteiger partial charge in [-0.2, -0.15) is 8.78 Å². The van der Waals surface area contributed by atoms with Crippen molar-refractivity contribution in [3.63, 3.8) is 0 Å². The summed E-state index contributed by atoms with van der Waals surface area (Å²) in [6.07, 6.45) is 0.192. The molecule has 0 saturated carbocycles. The number of aldehydes is 1. The number of rotatable bonds is 18. The molecule has 0 aliphatic rings. The molecular weight excluding hydrogens is 537 g/mol. The second-order valence-electron chi connectivity index (χ2n) is 7.57. The van der Waals surface area contributed by atoms with Gasteiger partial charge in [0.15, 0.2) is 0 Å². The van der Waals surface area contributed by atoms with Gasteiger partial charge in [0.2, 0.25) is 34.8 Å². The largest absolute Gasteiger partial charge is 0.420 e. The van der Waals surface area contributed by atoms with E-state index in [0.717, 1.165) is 0 Å². The molecule has 2 aromatic carbocycles. The van der Waals surface area contributed by atoms with Gasteiger partial charge in [-0.3, -0.25) is 14.4 Å². The number of carbonyl (C=O) groups is 3. The summed E-state index contributed by atoms with van der Waals surface area (Å²) in [6.45, 7) is 1.65. The maximum absolute atomic E-state index is 13.5. The van der Waals surface area contributed by atoms with Crippen LogP contribution in [0.5, 0.6) is 5.75 Å². The minimum Gasteiger partial charge on any atom is -0.420 e. The van der Waals surface area contributed by atoms with Crippen molar-refractivity contribution >= 4 is 18.2 Å². The van der Waals surface area contributed by atoms with Crippen LogP contribution in [-0.2, 0) is 23.7 Å². The van der Waals surface area contributed by atoms with Crippen molar-refractivity contribution in [1.29, 1.82) is 0 Å². The summed E-state index contributed by atoms with van der Waals surface area (Å²) >= 11 is 0. The molecule has 0 aliphatic heterocycles. The minimum absolute atomic E-state index is 0.0614. The van der Waals surface area contributed by atoms with Crippen LogP contribution >= 0.6 is 0 Å². The van der Waals surface area contributed by atoms with Gasteiger partial charge < -0.3 is 29.0 Å². The highest BCUT2D eigenvalue weighted by Crippen LogP contribution is 2.29. The summed E-state index contributed by atoms with van der Waals surface area (Å²) in [7, 11) is 0. The zero-order valence-electron chi connectivity index (χ0n) is 20.6. The van der Waals surface area contributed by atoms with Crippen LogP contribution in [0.1, 0.15) is 27.1 Å². The Balaban J connectivity index is 1.41. The summed E-state index contributed by atoms with van der Waals surface area (Å²) in [5, 5.41) is 2.68. The second kappa shape index (κ2) is 17.2. The van der Waals surface area contributed by atoms with Crippen LogP contribution in [0.2, 0.25) is 0 Å². The van der Waals surface area contributed by atoms with Crippen LogP contribution < -0.4 is 10.1 Å². The standard InChI is InChI=1S/C25H26F5NO8/c26-19-20(27)22(29)24(23(30)21(19)28)39-18(33)5-7-35-9-11-37-13-14-38-12-10-36-8-6-31-25(34)17-3-1-16(15-32)2-4-17/h1-4,15H,5-14H2,(H,31,34). The first-order valence-corrected chi connectivity index (χ1v) is 11.6. The normalized spacial score (nSPS) is 10.9. The van der Waals surface area contributed by atoms with Crippen LogP contribution in [0.3, 0.4) is 0 Å². The molecule has 0 radical (unpaired) electrons. The van der Waals surface area contributed by atoms with Gasteiger partial charge in [-0.05, 0) is 12.1 Å². The maximum Gasteiger partial charge on any atom is 0.313 e. The SMILES string of the molecule is O=Cc1ccc(C(=O)NCCOCCOCCOCCOCCC(=O)Oc2c(F)c(F)c(F)c(F)c2F)cc1. The third kappa shape index (κ3) is 10.7. The third-order valence-corrected chi connectivity index (χ3v) is 4.79. The van der Waals surface area contributed by atoms with Crippen molar-refractivity contribution in [1.82, 2.24) is 5.32 Å². The zero-order valence-corrected chi connectivity index (χ0v) is 20.6. The quantitative estimate of drug-likeness (QED) is 0.0561. The van der Waals surface area contributed by atoms with Crippen molar-refractivity contribution in [2.75, 3.05) is 59.4 Å². The highest BCUT2D eigenvalue weighted by atomic mass is 19.2. The Bertz CT molecular complexity index is 1070. The topological polar surface area (TPSA) is 109 Å². The maximum atomic E-state index is 13.5. The summed E-state index contributed by atoms with van der Waals surface area (Å²) in [4.78, 5) is 34.1.